The predicted molar refractivity (Wildman–Crippen MR) is 131 cm³/mol. The summed E-state index contributed by atoms with van der Waals surface area (Å²) in [4.78, 5) is 19.6. The van der Waals surface area contributed by atoms with Gasteiger partial charge in [-0.2, -0.15) is 0 Å². The summed E-state index contributed by atoms with van der Waals surface area (Å²) in [6.45, 7) is 1.59. The van der Waals surface area contributed by atoms with E-state index in [-0.39, 0.29) is 30.2 Å². The molecule has 1 amide bonds. The summed E-state index contributed by atoms with van der Waals surface area (Å²) in [5, 5.41) is -0.0136. The monoisotopic (exact) mass is 511 g/mol. The molecule has 5 rings (SSSR count). The minimum atomic E-state index is -3.72. The largest absolute Gasteiger partial charge is 0.454 e. The lowest BCUT2D eigenvalue weighted by Gasteiger charge is -2.24. The zero-order chi connectivity index (χ0) is 25.1. The van der Waals surface area contributed by atoms with Gasteiger partial charge in [0.2, 0.25) is 21.8 Å². The van der Waals surface area contributed by atoms with Crippen molar-refractivity contribution in [2.24, 2.45) is 5.92 Å². The van der Waals surface area contributed by atoms with Gasteiger partial charge in [0.1, 0.15) is 0 Å². The average Bonchev–Trinajstić information content (AvgIpc) is 3.40. The molecular weight excluding hydrogens is 482 g/mol. The van der Waals surface area contributed by atoms with Crippen molar-refractivity contribution in [3.63, 3.8) is 0 Å². The van der Waals surface area contributed by atoms with Crippen molar-refractivity contribution in [1.29, 1.82) is 0 Å². The highest BCUT2D eigenvalue weighted by atomic mass is 32.2. The van der Waals surface area contributed by atoms with Gasteiger partial charge < -0.3 is 23.7 Å². The molecule has 0 bridgehead atoms. The van der Waals surface area contributed by atoms with Crippen LogP contribution in [0.3, 0.4) is 0 Å². The number of methoxy groups -OCH3 is 1. The first-order valence-corrected chi connectivity index (χ1v) is 13.6. The van der Waals surface area contributed by atoms with Crippen LogP contribution in [0.1, 0.15) is 34.5 Å². The number of rotatable bonds is 11. The highest BCUT2D eigenvalue weighted by molar-refractivity contribution is 7.90. The molecule has 10 heteroatoms. The normalized spacial score (nSPS) is 14.7. The average molecular weight is 512 g/mol. The lowest BCUT2D eigenvalue weighted by molar-refractivity contribution is 0.0729. The second kappa shape index (κ2) is 10.3. The molecule has 0 saturated heterocycles. The number of carbonyl (C=O) groups is 1. The minimum Gasteiger partial charge on any atom is -0.454 e. The van der Waals surface area contributed by atoms with Gasteiger partial charge in [-0.3, -0.25) is 4.79 Å². The van der Waals surface area contributed by atoms with E-state index in [1.807, 2.05) is 18.2 Å². The van der Waals surface area contributed by atoms with Gasteiger partial charge in [0.05, 0.1) is 30.8 Å². The van der Waals surface area contributed by atoms with Crippen LogP contribution in [0.2, 0.25) is 0 Å². The van der Waals surface area contributed by atoms with E-state index in [1.165, 1.54) is 0 Å². The van der Waals surface area contributed by atoms with Crippen LogP contribution in [0.15, 0.2) is 59.9 Å². The SMILES string of the molecule is COCCn1c(CN(CC2CC2)C(=O)c2ccc3c(c2)OCO3)cnc1S(=O)(=O)Cc1ccccc1. The van der Waals surface area contributed by atoms with E-state index in [0.29, 0.717) is 53.9 Å². The predicted octanol–water partition coefficient (Wildman–Crippen LogP) is 3.28. The molecule has 3 aromatic rings. The van der Waals surface area contributed by atoms with Crippen molar-refractivity contribution in [3.05, 3.63) is 71.5 Å². The summed E-state index contributed by atoms with van der Waals surface area (Å²) in [5.41, 5.74) is 1.84. The summed E-state index contributed by atoms with van der Waals surface area (Å²) in [6, 6.07) is 14.2. The quantitative estimate of drug-likeness (QED) is 0.389. The lowest BCUT2D eigenvalue weighted by Crippen LogP contribution is -2.33. The molecule has 2 heterocycles. The number of imidazole rings is 1. The van der Waals surface area contributed by atoms with Crippen molar-refractivity contribution < 1.29 is 27.4 Å². The van der Waals surface area contributed by atoms with Crippen LogP contribution >= 0.6 is 0 Å². The van der Waals surface area contributed by atoms with E-state index in [2.05, 4.69) is 4.98 Å². The number of hydrogen-bond donors (Lipinski definition) is 0. The number of hydrogen-bond acceptors (Lipinski definition) is 7. The molecule has 0 unspecified atom stereocenters. The fourth-order valence-corrected chi connectivity index (χ4v) is 5.80. The molecule has 190 valence electrons. The first-order chi connectivity index (χ1) is 17.4. The van der Waals surface area contributed by atoms with Gasteiger partial charge in [-0.05, 0) is 42.5 Å². The Morgan fingerprint density at radius 2 is 1.92 bits per heavy atom. The molecule has 36 heavy (non-hydrogen) atoms. The van der Waals surface area contributed by atoms with Gasteiger partial charge in [-0.25, -0.2) is 13.4 Å². The Labute approximate surface area is 210 Å². The molecule has 2 aliphatic rings. The third-order valence-electron chi connectivity index (χ3n) is 6.33. The number of amides is 1. The van der Waals surface area contributed by atoms with Gasteiger partial charge >= 0.3 is 0 Å². The fourth-order valence-electron chi connectivity index (χ4n) is 4.29. The van der Waals surface area contributed by atoms with Crippen molar-refractivity contribution in [2.45, 2.75) is 36.8 Å². The molecule has 0 radical (unpaired) electrons. The number of nitrogens with zero attached hydrogens (tertiary/aromatic N) is 3. The molecule has 1 aromatic heterocycles. The summed E-state index contributed by atoms with van der Waals surface area (Å²) < 4.78 is 44.3. The molecule has 0 atom stereocenters. The lowest BCUT2D eigenvalue weighted by atomic mass is 10.1. The van der Waals surface area contributed by atoms with Gasteiger partial charge in [0.25, 0.3) is 5.91 Å². The highest BCUT2D eigenvalue weighted by Crippen LogP contribution is 2.34. The fraction of sp³-hybridized carbons (Fsp3) is 0.385. The van der Waals surface area contributed by atoms with Crippen LogP contribution in [-0.4, -0.2) is 55.8 Å². The van der Waals surface area contributed by atoms with E-state index in [9.17, 15) is 13.2 Å². The molecular formula is C26H29N3O6S. The summed E-state index contributed by atoms with van der Waals surface area (Å²) in [5.74, 6) is 1.31. The summed E-state index contributed by atoms with van der Waals surface area (Å²) in [6.07, 6.45) is 3.70. The standard InChI is InChI=1S/C26H29N3O6S/c1-33-12-11-29-22(14-27-26(29)36(31,32)17-20-5-3-2-4-6-20)16-28(15-19-7-8-19)25(30)21-9-10-23-24(13-21)35-18-34-23/h2-6,9-10,13-14,19H,7-8,11-12,15-18H2,1H3. The van der Waals surface area contributed by atoms with Crippen LogP contribution in [0.25, 0.3) is 0 Å². The third-order valence-corrected chi connectivity index (χ3v) is 7.93. The topological polar surface area (TPSA) is 100.0 Å². The highest BCUT2D eigenvalue weighted by Gasteiger charge is 2.30. The third kappa shape index (κ3) is 5.39. The Hall–Kier alpha value is -3.37. The molecule has 1 aliphatic heterocycles. The van der Waals surface area contributed by atoms with Crippen molar-refractivity contribution >= 4 is 15.7 Å². The Balaban J connectivity index is 1.43. The maximum atomic E-state index is 13.5. The molecule has 1 saturated carbocycles. The van der Waals surface area contributed by atoms with E-state index >= 15 is 0 Å². The maximum Gasteiger partial charge on any atom is 0.254 e. The number of carbonyl (C=O) groups excluding carboxylic acids is 1. The van der Waals surface area contributed by atoms with Gasteiger partial charge in [0, 0.05) is 25.8 Å². The smallest absolute Gasteiger partial charge is 0.254 e. The second-order valence-corrected chi connectivity index (χ2v) is 11.0. The summed E-state index contributed by atoms with van der Waals surface area (Å²) in [7, 11) is -2.15. The Morgan fingerprint density at radius 1 is 1.14 bits per heavy atom. The van der Waals surface area contributed by atoms with Crippen molar-refractivity contribution in [3.8, 4) is 11.5 Å². The number of aromatic nitrogens is 2. The maximum absolute atomic E-state index is 13.5. The molecule has 1 aliphatic carbocycles. The Bertz CT molecular complexity index is 1330. The zero-order valence-electron chi connectivity index (χ0n) is 20.1. The van der Waals surface area contributed by atoms with Crippen LogP contribution in [-0.2, 0) is 33.4 Å². The Morgan fingerprint density at radius 3 is 2.67 bits per heavy atom. The molecule has 2 aromatic carbocycles. The van der Waals surface area contributed by atoms with Crippen molar-refractivity contribution in [2.75, 3.05) is 27.1 Å². The molecule has 1 fully saturated rings. The minimum absolute atomic E-state index is 0.0136. The van der Waals surface area contributed by atoms with E-state index in [4.69, 9.17) is 14.2 Å². The molecule has 9 nitrogen and oxygen atoms in total. The van der Waals surface area contributed by atoms with Gasteiger partial charge in [-0.1, -0.05) is 30.3 Å². The Kier molecular flexibility index (Phi) is 6.97. The van der Waals surface area contributed by atoms with Crippen LogP contribution in [0.4, 0.5) is 0 Å². The van der Waals surface area contributed by atoms with E-state index < -0.39 is 9.84 Å². The molecule has 0 N–H and O–H groups in total. The number of ether oxygens (including phenoxy) is 3. The van der Waals surface area contributed by atoms with Gasteiger partial charge in [0.15, 0.2) is 11.5 Å². The van der Waals surface area contributed by atoms with Crippen molar-refractivity contribution in [1.82, 2.24) is 14.5 Å². The number of sulfone groups is 1. The van der Waals surface area contributed by atoms with Crippen LogP contribution in [0, 0.1) is 5.92 Å². The van der Waals surface area contributed by atoms with Crippen LogP contribution in [0.5, 0.6) is 11.5 Å². The van der Waals surface area contributed by atoms with E-state index in [1.54, 1.807) is 53.1 Å². The van der Waals surface area contributed by atoms with Gasteiger partial charge in [-0.15, -0.1) is 0 Å². The summed E-state index contributed by atoms with van der Waals surface area (Å²) >= 11 is 0. The zero-order valence-corrected chi connectivity index (χ0v) is 20.9. The molecule has 0 spiro atoms. The first-order valence-electron chi connectivity index (χ1n) is 11.9. The van der Waals surface area contributed by atoms with E-state index in [0.717, 1.165) is 12.8 Å². The number of benzene rings is 2. The first kappa shape index (κ1) is 24.3. The second-order valence-electron chi connectivity index (χ2n) is 9.12. The van der Waals surface area contributed by atoms with Crippen LogP contribution < -0.4 is 9.47 Å². The number of fused-ring (bicyclic) bond motifs is 1.